The van der Waals surface area contributed by atoms with Gasteiger partial charge >= 0.3 is 0 Å². The SMILES string of the molecule is COc1ccc(OCC(=O)Nc2ccccc2Cl)cc1N. The van der Waals surface area contributed by atoms with E-state index >= 15 is 0 Å². The van der Waals surface area contributed by atoms with Crippen molar-refractivity contribution in [2.75, 3.05) is 24.8 Å². The van der Waals surface area contributed by atoms with Gasteiger partial charge in [0.2, 0.25) is 0 Å². The zero-order valence-corrected chi connectivity index (χ0v) is 12.2. The van der Waals surface area contributed by atoms with Crippen molar-refractivity contribution < 1.29 is 14.3 Å². The number of rotatable bonds is 5. The zero-order chi connectivity index (χ0) is 15.2. The quantitative estimate of drug-likeness (QED) is 0.833. The van der Waals surface area contributed by atoms with E-state index < -0.39 is 0 Å². The highest BCUT2D eigenvalue weighted by molar-refractivity contribution is 6.33. The summed E-state index contributed by atoms with van der Waals surface area (Å²) in [5.41, 5.74) is 6.75. The fourth-order valence-electron chi connectivity index (χ4n) is 1.70. The molecule has 0 bridgehead atoms. The van der Waals surface area contributed by atoms with Gasteiger partial charge in [0.15, 0.2) is 6.61 Å². The van der Waals surface area contributed by atoms with Crippen molar-refractivity contribution in [3.63, 3.8) is 0 Å². The van der Waals surface area contributed by atoms with Crippen LogP contribution in [-0.4, -0.2) is 19.6 Å². The molecule has 2 rings (SSSR count). The fraction of sp³-hybridized carbons (Fsp3) is 0.133. The number of amides is 1. The van der Waals surface area contributed by atoms with Crippen LogP contribution < -0.4 is 20.5 Å². The number of nitrogens with one attached hydrogen (secondary N) is 1. The highest BCUT2D eigenvalue weighted by Gasteiger charge is 2.07. The Hall–Kier alpha value is -2.40. The van der Waals surface area contributed by atoms with E-state index in [1.54, 1.807) is 42.5 Å². The van der Waals surface area contributed by atoms with Crippen molar-refractivity contribution in [1.82, 2.24) is 0 Å². The first kappa shape index (κ1) is 15.0. The third-order valence-electron chi connectivity index (χ3n) is 2.72. The number of carbonyl (C=O) groups excluding carboxylic acids is 1. The summed E-state index contributed by atoms with van der Waals surface area (Å²) in [6.45, 7) is -0.142. The summed E-state index contributed by atoms with van der Waals surface area (Å²) in [6.07, 6.45) is 0. The second-order valence-corrected chi connectivity index (χ2v) is 4.63. The molecule has 0 fully saturated rings. The number of nitrogens with two attached hydrogens (primary N) is 1. The van der Waals surface area contributed by atoms with E-state index in [0.29, 0.717) is 27.9 Å². The van der Waals surface area contributed by atoms with E-state index in [1.807, 2.05) is 0 Å². The lowest BCUT2D eigenvalue weighted by atomic mass is 10.3. The van der Waals surface area contributed by atoms with Gasteiger partial charge in [0, 0.05) is 6.07 Å². The molecule has 0 saturated heterocycles. The van der Waals surface area contributed by atoms with Gasteiger partial charge in [0.1, 0.15) is 11.5 Å². The summed E-state index contributed by atoms with van der Waals surface area (Å²) in [5, 5.41) is 3.14. The Labute approximate surface area is 127 Å². The van der Waals surface area contributed by atoms with Crippen LogP contribution in [0.2, 0.25) is 5.02 Å². The first-order valence-corrected chi connectivity index (χ1v) is 6.58. The predicted octanol–water partition coefficient (Wildman–Crippen LogP) is 2.95. The fourth-order valence-corrected chi connectivity index (χ4v) is 1.88. The van der Waals surface area contributed by atoms with Crippen molar-refractivity contribution in [2.24, 2.45) is 0 Å². The number of para-hydroxylation sites is 1. The molecule has 0 atom stereocenters. The van der Waals surface area contributed by atoms with Crippen LogP contribution in [0.15, 0.2) is 42.5 Å². The Morgan fingerprint density at radius 3 is 2.71 bits per heavy atom. The standard InChI is InChI=1S/C15H15ClN2O3/c1-20-14-7-6-10(8-12(14)17)21-9-15(19)18-13-5-3-2-4-11(13)16/h2-8H,9,17H2,1H3,(H,18,19). The molecule has 1 amide bonds. The number of hydrogen-bond acceptors (Lipinski definition) is 4. The molecule has 110 valence electrons. The summed E-state index contributed by atoms with van der Waals surface area (Å²) in [7, 11) is 1.53. The maximum atomic E-state index is 11.8. The van der Waals surface area contributed by atoms with Crippen LogP contribution in [0.5, 0.6) is 11.5 Å². The van der Waals surface area contributed by atoms with E-state index in [0.717, 1.165) is 0 Å². The average Bonchev–Trinajstić information content (AvgIpc) is 2.48. The largest absolute Gasteiger partial charge is 0.495 e. The van der Waals surface area contributed by atoms with Gasteiger partial charge in [-0.1, -0.05) is 23.7 Å². The molecule has 2 aromatic rings. The minimum atomic E-state index is -0.308. The Kier molecular flexibility index (Phi) is 4.90. The Morgan fingerprint density at radius 2 is 2.05 bits per heavy atom. The van der Waals surface area contributed by atoms with Crippen molar-refractivity contribution >= 4 is 28.9 Å². The molecule has 0 radical (unpaired) electrons. The van der Waals surface area contributed by atoms with Gasteiger partial charge < -0.3 is 20.5 Å². The lowest BCUT2D eigenvalue weighted by Gasteiger charge is -2.10. The van der Waals surface area contributed by atoms with Crippen LogP contribution in [0.25, 0.3) is 0 Å². The van der Waals surface area contributed by atoms with Crippen molar-refractivity contribution in [1.29, 1.82) is 0 Å². The molecule has 21 heavy (non-hydrogen) atoms. The maximum Gasteiger partial charge on any atom is 0.262 e. The summed E-state index contributed by atoms with van der Waals surface area (Å²) in [5.74, 6) is 0.739. The van der Waals surface area contributed by atoms with E-state index in [-0.39, 0.29) is 12.5 Å². The topological polar surface area (TPSA) is 73.6 Å². The van der Waals surface area contributed by atoms with Gasteiger partial charge in [-0.05, 0) is 24.3 Å². The smallest absolute Gasteiger partial charge is 0.262 e. The first-order chi connectivity index (χ1) is 10.1. The highest BCUT2D eigenvalue weighted by Crippen LogP contribution is 2.26. The third-order valence-corrected chi connectivity index (χ3v) is 3.05. The number of nitrogen functional groups attached to an aromatic ring is 1. The normalized spacial score (nSPS) is 10.0. The molecule has 0 aliphatic heterocycles. The van der Waals surface area contributed by atoms with Gasteiger partial charge in [-0.2, -0.15) is 0 Å². The van der Waals surface area contributed by atoms with Crippen LogP contribution in [0, 0.1) is 0 Å². The van der Waals surface area contributed by atoms with Crippen molar-refractivity contribution in [3.8, 4) is 11.5 Å². The van der Waals surface area contributed by atoms with Gasteiger partial charge in [-0.15, -0.1) is 0 Å². The number of carbonyl (C=O) groups is 1. The lowest BCUT2D eigenvalue weighted by Crippen LogP contribution is -2.20. The molecule has 0 spiro atoms. The predicted molar refractivity (Wildman–Crippen MR) is 83.0 cm³/mol. The van der Waals surface area contributed by atoms with E-state index in [9.17, 15) is 4.79 Å². The molecule has 0 aliphatic rings. The average molecular weight is 307 g/mol. The Balaban J connectivity index is 1.92. The second kappa shape index (κ2) is 6.85. The molecular formula is C15H15ClN2O3. The number of benzene rings is 2. The molecule has 0 aromatic heterocycles. The van der Waals surface area contributed by atoms with Crippen molar-refractivity contribution in [2.45, 2.75) is 0 Å². The minimum Gasteiger partial charge on any atom is -0.495 e. The summed E-state index contributed by atoms with van der Waals surface area (Å²) < 4.78 is 10.4. The van der Waals surface area contributed by atoms with Gasteiger partial charge in [0.05, 0.1) is 23.5 Å². The number of ether oxygens (including phenoxy) is 2. The maximum absolute atomic E-state index is 11.8. The third kappa shape index (κ3) is 4.03. The molecule has 3 N–H and O–H groups in total. The second-order valence-electron chi connectivity index (χ2n) is 4.22. The number of hydrogen-bond donors (Lipinski definition) is 2. The highest BCUT2D eigenvalue weighted by atomic mass is 35.5. The number of anilines is 2. The summed E-state index contributed by atoms with van der Waals surface area (Å²) in [4.78, 5) is 11.8. The van der Waals surface area contributed by atoms with E-state index in [2.05, 4.69) is 5.32 Å². The van der Waals surface area contributed by atoms with Gasteiger partial charge in [-0.3, -0.25) is 4.79 Å². The Morgan fingerprint density at radius 1 is 1.29 bits per heavy atom. The molecule has 0 aliphatic carbocycles. The van der Waals surface area contributed by atoms with Crippen LogP contribution in [0.3, 0.4) is 0 Å². The van der Waals surface area contributed by atoms with Gasteiger partial charge in [-0.25, -0.2) is 0 Å². The number of halogens is 1. The lowest BCUT2D eigenvalue weighted by molar-refractivity contribution is -0.118. The van der Waals surface area contributed by atoms with Crippen LogP contribution in [0.1, 0.15) is 0 Å². The summed E-state index contributed by atoms with van der Waals surface area (Å²) in [6, 6.07) is 11.9. The molecule has 2 aromatic carbocycles. The zero-order valence-electron chi connectivity index (χ0n) is 11.4. The van der Waals surface area contributed by atoms with E-state index in [4.69, 9.17) is 26.8 Å². The van der Waals surface area contributed by atoms with E-state index in [1.165, 1.54) is 7.11 Å². The number of methoxy groups -OCH3 is 1. The molecular weight excluding hydrogens is 292 g/mol. The molecule has 0 unspecified atom stereocenters. The monoisotopic (exact) mass is 306 g/mol. The summed E-state index contributed by atoms with van der Waals surface area (Å²) >= 11 is 5.95. The van der Waals surface area contributed by atoms with Crippen LogP contribution >= 0.6 is 11.6 Å². The molecule has 0 heterocycles. The van der Waals surface area contributed by atoms with Crippen LogP contribution in [-0.2, 0) is 4.79 Å². The minimum absolute atomic E-state index is 0.142. The van der Waals surface area contributed by atoms with Crippen LogP contribution in [0.4, 0.5) is 11.4 Å². The Bertz CT molecular complexity index is 647. The first-order valence-electron chi connectivity index (χ1n) is 6.21. The van der Waals surface area contributed by atoms with Crippen molar-refractivity contribution in [3.05, 3.63) is 47.5 Å². The molecule has 0 saturated carbocycles. The molecule has 6 heteroatoms. The molecule has 5 nitrogen and oxygen atoms in total. The van der Waals surface area contributed by atoms with Gasteiger partial charge in [0.25, 0.3) is 5.91 Å².